The third-order valence-corrected chi connectivity index (χ3v) is 8.25. The van der Waals surface area contributed by atoms with Gasteiger partial charge in [-0.05, 0) is 42.0 Å². The molecule has 0 unspecified atom stereocenters. The molecule has 2 saturated heterocycles. The van der Waals surface area contributed by atoms with Crippen molar-refractivity contribution in [3.63, 3.8) is 0 Å². The second-order valence-electron chi connectivity index (χ2n) is 9.38. The van der Waals surface area contributed by atoms with Gasteiger partial charge in [-0.3, -0.25) is 14.4 Å². The molecule has 0 spiro atoms. The summed E-state index contributed by atoms with van der Waals surface area (Å²) in [6.45, 7) is 0.0828. The second kappa shape index (κ2) is 8.19. The van der Waals surface area contributed by atoms with Crippen molar-refractivity contribution in [1.29, 1.82) is 0 Å². The van der Waals surface area contributed by atoms with Crippen LogP contribution in [0.15, 0.2) is 71.2 Å². The highest BCUT2D eigenvalue weighted by molar-refractivity contribution is 9.10. The Morgan fingerprint density at radius 3 is 2.49 bits per heavy atom. The molecule has 2 fully saturated rings. The van der Waals surface area contributed by atoms with Gasteiger partial charge in [-0.25, -0.2) is 4.90 Å². The van der Waals surface area contributed by atoms with Crippen LogP contribution >= 0.6 is 27.5 Å². The molecule has 0 radical (unpaired) electrons. The minimum atomic E-state index is -0.881. The van der Waals surface area contributed by atoms with Gasteiger partial charge in [0, 0.05) is 26.8 Å². The van der Waals surface area contributed by atoms with Crippen LogP contribution in [0.25, 0.3) is 6.08 Å². The highest BCUT2D eigenvalue weighted by Crippen LogP contribution is 2.51. The quantitative estimate of drug-likeness (QED) is 0.318. The van der Waals surface area contributed by atoms with Crippen molar-refractivity contribution in [2.24, 2.45) is 11.8 Å². The van der Waals surface area contributed by atoms with E-state index < -0.39 is 29.8 Å². The van der Waals surface area contributed by atoms with Gasteiger partial charge in [-0.1, -0.05) is 57.9 Å². The van der Waals surface area contributed by atoms with E-state index >= 15 is 0 Å². The molecule has 2 amide bonds. The molecule has 184 valence electrons. The first-order chi connectivity index (χ1) is 17.9. The van der Waals surface area contributed by atoms with Gasteiger partial charge in [0.15, 0.2) is 17.3 Å². The molecule has 0 aliphatic carbocycles. The molecule has 7 nitrogen and oxygen atoms in total. The normalized spacial score (nSPS) is 24.8. The van der Waals surface area contributed by atoms with Crippen LogP contribution in [-0.4, -0.2) is 36.5 Å². The SMILES string of the molecule is O=C(c1ccc(Br)cc1)[C@@H]1[C@H]2C(=O)N(c3ccc4c(c3)OCO4)C(=O)[C@@H]2[C@H]2C=Cc3ccc(Cl)cc3N21. The van der Waals surface area contributed by atoms with E-state index in [0.29, 0.717) is 27.8 Å². The molecule has 0 N–H and O–H groups in total. The van der Waals surface area contributed by atoms with Crippen molar-refractivity contribution in [2.75, 3.05) is 16.6 Å². The van der Waals surface area contributed by atoms with Gasteiger partial charge >= 0.3 is 0 Å². The van der Waals surface area contributed by atoms with E-state index in [2.05, 4.69) is 15.9 Å². The van der Waals surface area contributed by atoms with E-state index in [1.165, 1.54) is 4.90 Å². The fraction of sp³-hybridized carbons (Fsp3) is 0.179. The maximum atomic E-state index is 14.1. The number of imide groups is 1. The van der Waals surface area contributed by atoms with Crippen LogP contribution in [0.1, 0.15) is 15.9 Å². The molecule has 0 aromatic heterocycles. The molecule has 37 heavy (non-hydrogen) atoms. The monoisotopic (exact) mass is 576 g/mol. The second-order valence-corrected chi connectivity index (χ2v) is 10.7. The Hall–Kier alpha value is -3.62. The zero-order valence-electron chi connectivity index (χ0n) is 19.1. The van der Waals surface area contributed by atoms with Crippen molar-refractivity contribution in [3.05, 3.63) is 87.4 Å². The number of Topliss-reactive ketones (excluding diaryl/α,β-unsaturated/α-hetero) is 1. The minimum absolute atomic E-state index is 0.0828. The van der Waals surface area contributed by atoms with Gasteiger partial charge in [0.25, 0.3) is 0 Å². The van der Waals surface area contributed by atoms with Crippen molar-refractivity contribution in [3.8, 4) is 11.5 Å². The third kappa shape index (κ3) is 3.29. The van der Waals surface area contributed by atoms with Gasteiger partial charge in [-0.15, -0.1) is 0 Å². The van der Waals surface area contributed by atoms with E-state index in [1.807, 2.05) is 23.1 Å². The number of nitrogens with zero attached hydrogens (tertiary/aromatic N) is 2. The Morgan fingerprint density at radius 1 is 0.919 bits per heavy atom. The number of carbonyl (C=O) groups is 3. The Bertz CT molecular complexity index is 1540. The first-order valence-corrected chi connectivity index (χ1v) is 12.9. The van der Waals surface area contributed by atoms with Gasteiger partial charge < -0.3 is 14.4 Å². The lowest BCUT2D eigenvalue weighted by molar-refractivity contribution is -0.122. The summed E-state index contributed by atoms with van der Waals surface area (Å²) in [5, 5.41) is 0.513. The standard InChI is InChI=1S/C28H18BrClN2O5/c29-16-5-1-15(2-6-16)26(33)25-24-23(19-9-4-14-3-7-17(30)11-20(14)32(19)25)27(34)31(28(24)35)18-8-10-21-22(12-18)37-13-36-21/h1-12,19,23-25H,13H2/t19-,23-,24+,25+/m1/s1. The molecule has 4 atom stereocenters. The van der Waals surface area contributed by atoms with Crippen LogP contribution in [0.4, 0.5) is 11.4 Å². The highest BCUT2D eigenvalue weighted by atomic mass is 79.9. The maximum absolute atomic E-state index is 14.1. The lowest BCUT2D eigenvalue weighted by atomic mass is 9.86. The zero-order chi connectivity index (χ0) is 25.4. The van der Waals surface area contributed by atoms with E-state index in [9.17, 15) is 14.4 Å². The number of fused-ring (bicyclic) bond motifs is 6. The molecular weight excluding hydrogens is 560 g/mol. The molecule has 4 heterocycles. The van der Waals surface area contributed by atoms with E-state index in [0.717, 1.165) is 15.7 Å². The summed E-state index contributed by atoms with van der Waals surface area (Å²) in [6.07, 6.45) is 3.84. The van der Waals surface area contributed by atoms with Crippen LogP contribution in [0.2, 0.25) is 5.02 Å². The predicted molar refractivity (Wildman–Crippen MR) is 141 cm³/mol. The number of rotatable bonds is 3. The zero-order valence-corrected chi connectivity index (χ0v) is 21.5. The predicted octanol–water partition coefficient (Wildman–Crippen LogP) is 5.10. The summed E-state index contributed by atoms with van der Waals surface area (Å²) in [5.41, 5.74) is 2.48. The highest BCUT2D eigenvalue weighted by Gasteiger charge is 2.64. The summed E-state index contributed by atoms with van der Waals surface area (Å²) in [5.74, 6) is -1.54. The van der Waals surface area contributed by atoms with Crippen LogP contribution in [-0.2, 0) is 9.59 Å². The number of hydrogen-bond donors (Lipinski definition) is 0. The Morgan fingerprint density at radius 2 is 1.68 bits per heavy atom. The van der Waals surface area contributed by atoms with Crippen LogP contribution in [0.5, 0.6) is 11.5 Å². The van der Waals surface area contributed by atoms with E-state index in [4.69, 9.17) is 21.1 Å². The van der Waals surface area contributed by atoms with E-state index in [1.54, 1.807) is 54.6 Å². The molecule has 0 saturated carbocycles. The molecule has 4 aliphatic heterocycles. The maximum Gasteiger partial charge on any atom is 0.240 e. The molecular formula is C28H18BrClN2O5. The van der Waals surface area contributed by atoms with Gasteiger partial charge in [0.1, 0.15) is 6.04 Å². The summed E-state index contributed by atoms with van der Waals surface area (Å²) in [7, 11) is 0. The number of benzene rings is 3. The molecule has 7 rings (SSSR count). The van der Waals surface area contributed by atoms with E-state index in [-0.39, 0.29) is 18.5 Å². The van der Waals surface area contributed by atoms with Crippen molar-refractivity contribution < 1.29 is 23.9 Å². The summed E-state index contributed by atoms with van der Waals surface area (Å²) in [6, 6.07) is 16.1. The molecule has 0 bridgehead atoms. The third-order valence-electron chi connectivity index (χ3n) is 7.48. The number of halogens is 2. The number of ether oxygens (including phenoxy) is 2. The van der Waals surface area contributed by atoms with Crippen LogP contribution in [0, 0.1) is 11.8 Å². The van der Waals surface area contributed by atoms with Gasteiger partial charge in [-0.2, -0.15) is 0 Å². The van der Waals surface area contributed by atoms with Crippen molar-refractivity contribution >= 4 is 62.6 Å². The average molecular weight is 578 g/mol. The van der Waals surface area contributed by atoms with Gasteiger partial charge in [0.2, 0.25) is 18.6 Å². The van der Waals surface area contributed by atoms with Crippen LogP contribution in [0.3, 0.4) is 0 Å². The average Bonchev–Trinajstić information content (AvgIpc) is 3.57. The molecule has 9 heteroatoms. The Balaban J connectivity index is 1.36. The summed E-state index contributed by atoms with van der Waals surface area (Å²) < 4.78 is 11.7. The largest absolute Gasteiger partial charge is 0.454 e. The topological polar surface area (TPSA) is 76.1 Å². The number of carbonyl (C=O) groups excluding carboxylic acids is 3. The van der Waals surface area contributed by atoms with Crippen molar-refractivity contribution in [2.45, 2.75) is 12.1 Å². The first-order valence-electron chi connectivity index (χ1n) is 11.8. The fourth-order valence-corrected chi connectivity index (χ4v) is 6.33. The number of hydrogen-bond acceptors (Lipinski definition) is 6. The van der Waals surface area contributed by atoms with Crippen LogP contribution < -0.4 is 19.3 Å². The lowest BCUT2D eigenvalue weighted by Crippen LogP contribution is -2.48. The first kappa shape index (κ1) is 22.6. The minimum Gasteiger partial charge on any atom is -0.454 e. The molecule has 3 aromatic carbocycles. The Kier molecular flexibility index (Phi) is 5.00. The number of amides is 2. The molecule has 4 aliphatic rings. The molecule has 3 aromatic rings. The Labute approximate surface area is 225 Å². The lowest BCUT2D eigenvalue weighted by Gasteiger charge is -2.36. The smallest absolute Gasteiger partial charge is 0.240 e. The van der Waals surface area contributed by atoms with Crippen molar-refractivity contribution in [1.82, 2.24) is 0 Å². The fourth-order valence-electron chi connectivity index (χ4n) is 5.90. The summed E-state index contributed by atoms with van der Waals surface area (Å²) >= 11 is 9.76. The summed E-state index contributed by atoms with van der Waals surface area (Å²) in [4.78, 5) is 45.1. The number of ketones is 1. The van der Waals surface area contributed by atoms with Gasteiger partial charge in [0.05, 0.1) is 23.6 Å². The number of anilines is 2.